The van der Waals surface area contributed by atoms with Gasteiger partial charge in [0, 0.05) is 17.6 Å². The van der Waals surface area contributed by atoms with E-state index in [9.17, 15) is 4.79 Å². The van der Waals surface area contributed by atoms with Gasteiger partial charge in [0.1, 0.15) is 5.75 Å². The molecule has 1 saturated heterocycles. The molecule has 3 nitrogen and oxygen atoms in total. The lowest BCUT2D eigenvalue weighted by molar-refractivity contribution is -0.133. The fraction of sp³-hybridized carbons (Fsp3) is 0.533. The molecule has 1 heterocycles. The van der Waals surface area contributed by atoms with E-state index in [2.05, 4.69) is 31.9 Å². The fourth-order valence-electron chi connectivity index (χ4n) is 2.42. The molecule has 0 aliphatic carbocycles. The van der Waals surface area contributed by atoms with Crippen molar-refractivity contribution in [2.75, 3.05) is 19.7 Å². The molecule has 0 radical (unpaired) electrons. The number of ether oxygens (including phenoxy) is 1. The molecule has 110 valence electrons. The lowest BCUT2D eigenvalue weighted by Crippen LogP contribution is -2.35. The van der Waals surface area contributed by atoms with Crippen LogP contribution in [0.15, 0.2) is 21.1 Å². The third kappa shape index (κ3) is 4.22. The number of carbonyl (C=O) groups is 1. The zero-order valence-corrected chi connectivity index (χ0v) is 14.8. The van der Waals surface area contributed by atoms with Gasteiger partial charge in [0.15, 0.2) is 6.61 Å². The summed E-state index contributed by atoms with van der Waals surface area (Å²) in [4.78, 5) is 14.1. The molecular formula is C15H19Br2NO2. The van der Waals surface area contributed by atoms with Crippen LogP contribution in [0.1, 0.15) is 31.2 Å². The van der Waals surface area contributed by atoms with E-state index in [4.69, 9.17) is 4.74 Å². The van der Waals surface area contributed by atoms with E-state index in [0.717, 1.165) is 46.2 Å². The fourth-order valence-corrected chi connectivity index (χ4v) is 3.97. The van der Waals surface area contributed by atoms with Crippen LogP contribution in [0.5, 0.6) is 5.75 Å². The van der Waals surface area contributed by atoms with Crippen molar-refractivity contribution in [3.8, 4) is 5.75 Å². The summed E-state index contributed by atoms with van der Waals surface area (Å²) in [5.41, 5.74) is 1.01. The van der Waals surface area contributed by atoms with E-state index >= 15 is 0 Å². The SMILES string of the molecule is Cc1cc(Br)cc(Br)c1OCC(=O)N1CCCCCC1. The quantitative estimate of drug-likeness (QED) is 0.751. The minimum Gasteiger partial charge on any atom is -0.482 e. The van der Waals surface area contributed by atoms with Crippen molar-refractivity contribution in [1.82, 2.24) is 4.90 Å². The average molecular weight is 405 g/mol. The second kappa shape index (κ2) is 7.46. The Bertz CT molecular complexity index is 460. The minimum absolute atomic E-state index is 0.0844. The number of benzene rings is 1. The highest BCUT2D eigenvalue weighted by molar-refractivity contribution is 9.11. The van der Waals surface area contributed by atoms with Gasteiger partial charge in [0.05, 0.1) is 4.47 Å². The zero-order chi connectivity index (χ0) is 14.5. The van der Waals surface area contributed by atoms with Crippen LogP contribution in [-0.2, 0) is 4.79 Å². The highest BCUT2D eigenvalue weighted by Gasteiger charge is 2.17. The number of amides is 1. The Kier molecular flexibility index (Phi) is 5.90. The number of likely N-dealkylation sites (tertiary alicyclic amines) is 1. The second-order valence-corrected chi connectivity index (χ2v) is 6.89. The summed E-state index contributed by atoms with van der Waals surface area (Å²) in [5, 5.41) is 0. The highest BCUT2D eigenvalue weighted by Crippen LogP contribution is 2.32. The van der Waals surface area contributed by atoms with Crippen LogP contribution >= 0.6 is 31.9 Å². The molecule has 1 aliphatic rings. The molecule has 0 aromatic heterocycles. The average Bonchev–Trinajstić information content (AvgIpc) is 2.66. The molecule has 1 fully saturated rings. The van der Waals surface area contributed by atoms with Gasteiger partial charge in [0.2, 0.25) is 0 Å². The van der Waals surface area contributed by atoms with Gasteiger partial charge in [-0.25, -0.2) is 0 Å². The van der Waals surface area contributed by atoms with Gasteiger partial charge in [-0.3, -0.25) is 4.79 Å². The maximum absolute atomic E-state index is 12.2. The van der Waals surface area contributed by atoms with Gasteiger partial charge in [-0.15, -0.1) is 0 Å². The highest BCUT2D eigenvalue weighted by atomic mass is 79.9. The molecule has 5 heteroatoms. The van der Waals surface area contributed by atoms with Crippen molar-refractivity contribution in [2.45, 2.75) is 32.6 Å². The van der Waals surface area contributed by atoms with Crippen LogP contribution in [-0.4, -0.2) is 30.5 Å². The number of carbonyl (C=O) groups excluding carboxylic acids is 1. The molecule has 0 unspecified atom stereocenters. The van der Waals surface area contributed by atoms with E-state index in [0.29, 0.717) is 0 Å². The maximum atomic E-state index is 12.2. The molecule has 1 aromatic rings. The molecule has 0 bridgehead atoms. The van der Waals surface area contributed by atoms with Crippen molar-refractivity contribution in [2.24, 2.45) is 0 Å². The molecule has 0 N–H and O–H groups in total. The first-order valence-electron chi connectivity index (χ1n) is 6.94. The van der Waals surface area contributed by atoms with Gasteiger partial charge in [0.25, 0.3) is 5.91 Å². The third-order valence-corrected chi connectivity index (χ3v) is 4.54. The van der Waals surface area contributed by atoms with Gasteiger partial charge in [-0.1, -0.05) is 28.8 Å². The number of rotatable bonds is 3. The molecule has 0 atom stereocenters. The summed E-state index contributed by atoms with van der Waals surface area (Å²) in [6.07, 6.45) is 4.66. The zero-order valence-electron chi connectivity index (χ0n) is 11.6. The summed E-state index contributed by atoms with van der Waals surface area (Å²) in [6.45, 7) is 3.81. The van der Waals surface area contributed by atoms with Crippen molar-refractivity contribution in [3.05, 3.63) is 26.6 Å². The van der Waals surface area contributed by atoms with Crippen LogP contribution in [0, 0.1) is 6.92 Å². The van der Waals surface area contributed by atoms with Crippen molar-refractivity contribution >= 4 is 37.8 Å². The first-order chi connectivity index (χ1) is 9.58. The lowest BCUT2D eigenvalue weighted by Gasteiger charge is -2.21. The van der Waals surface area contributed by atoms with E-state index in [-0.39, 0.29) is 12.5 Å². The minimum atomic E-state index is 0.0844. The summed E-state index contributed by atoms with van der Waals surface area (Å²) >= 11 is 6.91. The Balaban J connectivity index is 1.96. The Morgan fingerprint density at radius 1 is 1.20 bits per heavy atom. The first-order valence-corrected chi connectivity index (χ1v) is 8.53. The van der Waals surface area contributed by atoms with Crippen molar-refractivity contribution in [3.63, 3.8) is 0 Å². The summed E-state index contributed by atoms with van der Waals surface area (Å²) < 4.78 is 7.58. The molecule has 1 aliphatic heterocycles. The number of hydrogen-bond donors (Lipinski definition) is 0. The molecule has 1 amide bonds. The van der Waals surface area contributed by atoms with E-state index in [1.807, 2.05) is 24.0 Å². The number of hydrogen-bond acceptors (Lipinski definition) is 2. The Hall–Kier alpha value is -0.550. The van der Waals surface area contributed by atoms with Crippen LogP contribution in [0.3, 0.4) is 0 Å². The summed E-state index contributed by atoms with van der Waals surface area (Å²) in [6, 6.07) is 3.91. The van der Waals surface area contributed by atoms with Crippen LogP contribution in [0.4, 0.5) is 0 Å². The summed E-state index contributed by atoms with van der Waals surface area (Å²) in [7, 11) is 0. The van der Waals surface area contributed by atoms with Crippen molar-refractivity contribution < 1.29 is 9.53 Å². The van der Waals surface area contributed by atoms with Gasteiger partial charge >= 0.3 is 0 Å². The topological polar surface area (TPSA) is 29.5 Å². The third-order valence-electron chi connectivity index (χ3n) is 3.49. The van der Waals surface area contributed by atoms with E-state index in [1.165, 1.54) is 12.8 Å². The number of nitrogens with zero attached hydrogens (tertiary/aromatic N) is 1. The maximum Gasteiger partial charge on any atom is 0.260 e. The lowest BCUT2D eigenvalue weighted by atomic mass is 10.2. The van der Waals surface area contributed by atoms with Gasteiger partial charge < -0.3 is 9.64 Å². The first kappa shape index (κ1) is 15.8. The normalized spacial score (nSPS) is 15.8. The Labute approximate surface area is 136 Å². The van der Waals surface area contributed by atoms with Gasteiger partial charge in [-0.05, 0) is 53.4 Å². The molecule has 1 aromatic carbocycles. The smallest absolute Gasteiger partial charge is 0.260 e. The predicted molar refractivity (Wildman–Crippen MR) is 87.1 cm³/mol. The standard InChI is InChI=1S/C15H19Br2NO2/c1-11-8-12(16)9-13(17)15(11)20-10-14(19)18-6-4-2-3-5-7-18/h8-9H,2-7,10H2,1H3. The molecule has 2 rings (SSSR count). The monoisotopic (exact) mass is 403 g/mol. The van der Waals surface area contributed by atoms with Gasteiger partial charge in [-0.2, -0.15) is 0 Å². The molecule has 0 spiro atoms. The summed E-state index contributed by atoms with van der Waals surface area (Å²) in [5.74, 6) is 0.831. The largest absolute Gasteiger partial charge is 0.482 e. The van der Waals surface area contributed by atoms with Crippen molar-refractivity contribution in [1.29, 1.82) is 0 Å². The predicted octanol–water partition coefficient (Wildman–Crippen LogP) is 4.30. The second-order valence-electron chi connectivity index (χ2n) is 5.12. The van der Waals surface area contributed by atoms with Crippen LogP contribution in [0.2, 0.25) is 0 Å². The Morgan fingerprint density at radius 3 is 2.45 bits per heavy atom. The molecule has 20 heavy (non-hydrogen) atoms. The Morgan fingerprint density at radius 2 is 1.85 bits per heavy atom. The molecular weight excluding hydrogens is 386 g/mol. The van der Waals surface area contributed by atoms with Crippen LogP contribution < -0.4 is 4.74 Å². The molecule has 0 saturated carbocycles. The van der Waals surface area contributed by atoms with E-state index in [1.54, 1.807) is 0 Å². The number of aryl methyl sites for hydroxylation is 1. The van der Waals surface area contributed by atoms with E-state index < -0.39 is 0 Å². The van der Waals surface area contributed by atoms with Crippen LogP contribution in [0.25, 0.3) is 0 Å². The number of halogens is 2.